The van der Waals surface area contributed by atoms with E-state index < -0.39 is 11.7 Å². The maximum atomic E-state index is 12.4. The molecule has 158 valence electrons. The predicted octanol–water partition coefficient (Wildman–Crippen LogP) is 2.69. The van der Waals surface area contributed by atoms with Crippen molar-refractivity contribution >= 4 is 17.8 Å². The number of hydrogen-bond acceptors (Lipinski definition) is 6. The second kappa shape index (κ2) is 10.6. The molecule has 1 fully saturated rings. The van der Waals surface area contributed by atoms with Gasteiger partial charge in [-0.2, -0.15) is 5.26 Å². The molecule has 8 heteroatoms. The van der Waals surface area contributed by atoms with Crippen molar-refractivity contribution in [2.24, 2.45) is 0 Å². The van der Waals surface area contributed by atoms with E-state index in [1.54, 1.807) is 12.3 Å². The molecule has 1 N–H and O–H groups in total. The summed E-state index contributed by atoms with van der Waals surface area (Å²) >= 11 is 0. The first-order chi connectivity index (χ1) is 13.8. The number of nitrogens with one attached hydrogen (secondary N) is 1. The van der Waals surface area contributed by atoms with Crippen LogP contribution in [0.5, 0.6) is 0 Å². The van der Waals surface area contributed by atoms with Gasteiger partial charge in [-0.15, -0.1) is 0 Å². The summed E-state index contributed by atoms with van der Waals surface area (Å²) in [5.41, 5.74) is 0.0558. The Morgan fingerprint density at radius 1 is 1.17 bits per heavy atom. The molecule has 0 bridgehead atoms. The third-order valence-corrected chi connectivity index (χ3v) is 4.57. The van der Waals surface area contributed by atoms with E-state index in [2.05, 4.69) is 21.3 Å². The summed E-state index contributed by atoms with van der Waals surface area (Å²) in [7, 11) is 0. The van der Waals surface area contributed by atoms with Gasteiger partial charge in [0.25, 0.3) is 0 Å². The van der Waals surface area contributed by atoms with Gasteiger partial charge in [-0.3, -0.25) is 4.79 Å². The Hall–Kier alpha value is -2.82. The van der Waals surface area contributed by atoms with Crippen LogP contribution in [0.4, 0.5) is 10.6 Å². The lowest BCUT2D eigenvalue weighted by atomic mass is 10.1. The fraction of sp³-hybridized carbons (Fsp3) is 0.619. The molecule has 0 aliphatic carbocycles. The molecule has 1 aliphatic heterocycles. The maximum absolute atomic E-state index is 12.4. The largest absolute Gasteiger partial charge is 0.444 e. The zero-order valence-corrected chi connectivity index (χ0v) is 17.6. The summed E-state index contributed by atoms with van der Waals surface area (Å²) in [6.45, 7) is 8.90. The molecule has 0 unspecified atom stereocenters. The first-order valence-corrected chi connectivity index (χ1v) is 10.1. The molecule has 29 heavy (non-hydrogen) atoms. The topological polar surface area (TPSA) is 98.6 Å². The standard InChI is InChI=1S/C21H31N5O3/c1-21(2,3)29-20(28)23-10-6-4-5-7-19(27)26-13-11-25(12-14-26)18-9-8-17(15-22)16-24-18/h8-9,16H,4-7,10-14H2,1-3H3,(H,23,28). The molecule has 0 saturated carbocycles. The van der Waals surface area contributed by atoms with Gasteiger partial charge in [-0.1, -0.05) is 6.42 Å². The number of carbonyl (C=O) groups excluding carboxylic acids is 2. The average Bonchev–Trinajstić information content (AvgIpc) is 2.69. The van der Waals surface area contributed by atoms with Crippen molar-refractivity contribution in [3.63, 3.8) is 0 Å². The number of anilines is 1. The summed E-state index contributed by atoms with van der Waals surface area (Å²) in [6.07, 6.45) is 4.22. The second-order valence-corrected chi connectivity index (χ2v) is 8.12. The molecular formula is C21H31N5O3. The maximum Gasteiger partial charge on any atom is 0.407 e. The molecule has 1 aliphatic rings. The van der Waals surface area contributed by atoms with Crippen molar-refractivity contribution < 1.29 is 14.3 Å². The van der Waals surface area contributed by atoms with Crippen molar-refractivity contribution in [3.8, 4) is 6.07 Å². The first kappa shape index (κ1) is 22.5. The highest BCUT2D eigenvalue weighted by Crippen LogP contribution is 2.15. The third kappa shape index (κ3) is 7.98. The number of nitriles is 1. The number of alkyl carbamates (subject to hydrolysis) is 1. The minimum Gasteiger partial charge on any atom is -0.444 e. The van der Waals surface area contributed by atoms with Crippen LogP contribution in [-0.4, -0.2) is 60.2 Å². The average molecular weight is 402 g/mol. The van der Waals surface area contributed by atoms with Crippen molar-refractivity contribution in [2.45, 2.75) is 52.1 Å². The van der Waals surface area contributed by atoms with Gasteiger partial charge in [0.05, 0.1) is 5.56 Å². The van der Waals surface area contributed by atoms with E-state index in [0.29, 0.717) is 31.6 Å². The third-order valence-electron chi connectivity index (χ3n) is 4.57. The Bertz CT molecular complexity index is 713. The molecule has 0 atom stereocenters. The van der Waals surface area contributed by atoms with E-state index >= 15 is 0 Å². The lowest BCUT2D eigenvalue weighted by Gasteiger charge is -2.35. The summed E-state index contributed by atoms with van der Waals surface area (Å²) in [5.74, 6) is 1.02. The fourth-order valence-electron chi connectivity index (χ4n) is 3.06. The Labute approximate surface area is 172 Å². The van der Waals surface area contributed by atoms with Crippen molar-refractivity contribution in [3.05, 3.63) is 23.9 Å². The van der Waals surface area contributed by atoms with Crippen molar-refractivity contribution in [2.75, 3.05) is 37.6 Å². The van der Waals surface area contributed by atoms with Gasteiger partial charge in [-0.05, 0) is 45.7 Å². The molecule has 2 amide bonds. The number of pyridine rings is 1. The Kier molecular flexibility index (Phi) is 8.25. The van der Waals surface area contributed by atoms with Gasteiger partial charge in [0.1, 0.15) is 17.5 Å². The number of amides is 2. The van der Waals surface area contributed by atoms with Gasteiger partial charge >= 0.3 is 6.09 Å². The van der Waals surface area contributed by atoms with Crippen molar-refractivity contribution in [1.29, 1.82) is 5.26 Å². The molecular weight excluding hydrogens is 370 g/mol. The minimum absolute atomic E-state index is 0.178. The number of carbonyl (C=O) groups is 2. The van der Waals surface area contributed by atoms with Crippen LogP contribution in [0.1, 0.15) is 52.0 Å². The number of piperazine rings is 1. The van der Waals surface area contributed by atoms with Crippen LogP contribution in [0.2, 0.25) is 0 Å². The molecule has 0 radical (unpaired) electrons. The second-order valence-electron chi connectivity index (χ2n) is 8.12. The van der Waals surface area contributed by atoms with Crippen LogP contribution >= 0.6 is 0 Å². The van der Waals surface area contributed by atoms with Crippen LogP contribution in [-0.2, 0) is 9.53 Å². The Morgan fingerprint density at radius 3 is 2.48 bits per heavy atom. The van der Waals surface area contributed by atoms with Gasteiger partial charge in [-0.25, -0.2) is 9.78 Å². The summed E-state index contributed by atoms with van der Waals surface area (Å²) in [4.78, 5) is 32.3. The summed E-state index contributed by atoms with van der Waals surface area (Å²) in [6, 6.07) is 5.67. The number of unbranched alkanes of at least 4 members (excludes halogenated alkanes) is 2. The highest BCUT2D eigenvalue weighted by Gasteiger charge is 2.21. The van der Waals surface area contributed by atoms with Crippen LogP contribution in [0.25, 0.3) is 0 Å². The first-order valence-electron chi connectivity index (χ1n) is 10.1. The minimum atomic E-state index is -0.489. The lowest BCUT2D eigenvalue weighted by Crippen LogP contribution is -2.49. The molecule has 2 heterocycles. The van der Waals surface area contributed by atoms with Crippen LogP contribution in [0.15, 0.2) is 18.3 Å². The van der Waals surface area contributed by atoms with Gasteiger partial charge in [0.2, 0.25) is 5.91 Å². The monoisotopic (exact) mass is 401 g/mol. The molecule has 2 rings (SSSR count). The number of ether oxygens (including phenoxy) is 1. The molecule has 1 saturated heterocycles. The zero-order valence-electron chi connectivity index (χ0n) is 17.6. The fourth-order valence-corrected chi connectivity index (χ4v) is 3.06. The molecule has 8 nitrogen and oxygen atoms in total. The summed E-state index contributed by atoms with van der Waals surface area (Å²) in [5, 5.41) is 11.6. The Morgan fingerprint density at radius 2 is 1.90 bits per heavy atom. The SMILES string of the molecule is CC(C)(C)OC(=O)NCCCCCC(=O)N1CCN(c2ccc(C#N)cn2)CC1. The van der Waals surface area contributed by atoms with Crippen molar-refractivity contribution in [1.82, 2.24) is 15.2 Å². The van der Waals surface area contributed by atoms with E-state index in [1.165, 1.54) is 0 Å². The van der Waals surface area contributed by atoms with E-state index in [0.717, 1.165) is 38.2 Å². The summed E-state index contributed by atoms with van der Waals surface area (Å²) < 4.78 is 5.18. The highest BCUT2D eigenvalue weighted by molar-refractivity contribution is 5.76. The van der Waals surface area contributed by atoms with Gasteiger partial charge in [0, 0.05) is 45.3 Å². The van der Waals surface area contributed by atoms with Gasteiger partial charge < -0.3 is 19.9 Å². The van der Waals surface area contributed by atoms with E-state index in [4.69, 9.17) is 10.00 Å². The number of hydrogen-bond donors (Lipinski definition) is 1. The highest BCUT2D eigenvalue weighted by atomic mass is 16.6. The van der Waals surface area contributed by atoms with E-state index in [-0.39, 0.29) is 5.91 Å². The number of rotatable bonds is 7. The Balaban J connectivity index is 1.59. The van der Waals surface area contributed by atoms with Crippen LogP contribution in [0.3, 0.4) is 0 Å². The number of aromatic nitrogens is 1. The van der Waals surface area contributed by atoms with Crippen LogP contribution in [0, 0.1) is 11.3 Å². The molecule has 1 aromatic rings. The predicted molar refractivity (Wildman–Crippen MR) is 110 cm³/mol. The van der Waals surface area contributed by atoms with Gasteiger partial charge in [0.15, 0.2) is 0 Å². The quantitative estimate of drug-likeness (QED) is 0.706. The van der Waals surface area contributed by atoms with Crippen LogP contribution < -0.4 is 10.2 Å². The number of nitrogens with zero attached hydrogens (tertiary/aromatic N) is 4. The molecule has 0 spiro atoms. The molecule has 0 aromatic carbocycles. The van der Waals surface area contributed by atoms with E-state index in [9.17, 15) is 9.59 Å². The molecule has 1 aromatic heterocycles. The zero-order chi connectivity index (χ0) is 21.3. The smallest absolute Gasteiger partial charge is 0.407 e. The normalized spacial score (nSPS) is 14.3. The lowest BCUT2D eigenvalue weighted by molar-refractivity contribution is -0.131. The van der Waals surface area contributed by atoms with E-state index in [1.807, 2.05) is 31.7 Å².